The Kier molecular flexibility index (Phi) is 4.95. The van der Waals surface area contributed by atoms with Crippen LogP contribution in [0.2, 0.25) is 0 Å². The van der Waals surface area contributed by atoms with Crippen molar-refractivity contribution in [1.82, 2.24) is 9.88 Å². The van der Waals surface area contributed by atoms with Crippen LogP contribution in [0.1, 0.15) is 30.6 Å². The van der Waals surface area contributed by atoms with E-state index >= 15 is 0 Å². The van der Waals surface area contributed by atoms with Crippen LogP contribution < -0.4 is 5.32 Å². The Balaban J connectivity index is 2.15. The Hall–Kier alpha value is -1.62. The lowest BCUT2D eigenvalue weighted by Gasteiger charge is -2.36. The molecule has 0 aromatic carbocycles. The van der Waals surface area contributed by atoms with E-state index in [0.29, 0.717) is 23.8 Å². The number of pyridine rings is 1. The summed E-state index contributed by atoms with van der Waals surface area (Å²) in [5.41, 5.74) is 0.638. The summed E-state index contributed by atoms with van der Waals surface area (Å²) in [4.78, 5) is 18.8. The van der Waals surface area contributed by atoms with Crippen molar-refractivity contribution in [3.63, 3.8) is 0 Å². The first kappa shape index (κ1) is 14.8. The molecular weight excluding hydrogens is 254 g/mol. The second kappa shape index (κ2) is 6.70. The van der Waals surface area contributed by atoms with E-state index in [1.165, 1.54) is 0 Å². The SMILES string of the molecule is CCNc1ncccc1C(=O)N1CCC(C)C(OC)C1. The molecule has 2 heterocycles. The van der Waals surface area contributed by atoms with Gasteiger partial charge in [0.1, 0.15) is 5.82 Å². The second-order valence-electron chi connectivity index (χ2n) is 5.22. The number of hydrogen-bond acceptors (Lipinski definition) is 4. The summed E-state index contributed by atoms with van der Waals surface area (Å²) in [5.74, 6) is 1.18. The van der Waals surface area contributed by atoms with Gasteiger partial charge < -0.3 is 15.0 Å². The molecule has 0 aliphatic carbocycles. The van der Waals surface area contributed by atoms with E-state index in [1.54, 1.807) is 19.4 Å². The van der Waals surface area contributed by atoms with Crippen molar-refractivity contribution in [2.75, 3.05) is 32.1 Å². The summed E-state index contributed by atoms with van der Waals surface area (Å²) in [6.45, 7) is 6.34. The van der Waals surface area contributed by atoms with Crippen molar-refractivity contribution in [2.45, 2.75) is 26.4 Å². The number of nitrogens with one attached hydrogen (secondary N) is 1. The normalized spacial score (nSPS) is 22.6. The molecule has 5 heteroatoms. The summed E-state index contributed by atoms with van der Waals surface area (Å²) >= 11 is 0. The fourth-order valence-corrected chi connectivity index (χ4v) is 2.58. The number of likely N-dealkylation sites (tertiary alicyclic amines) is 1. The molecule has 0 spiro atoms. The largest absolute Gasteiger partial charge is 0.379 e. The minimum absolute atomic E-state index is 0.0306. The van der Waals surface area contributed by atoms with Gasteiger partial charge in [-0.15, -0.1) is 0 Å². The van der Waals surface area contributed by atoms with E-state index in [1.807, 2.05) is 17.9 Å². The van der Waals surface area contributed by atoms with Gasteiger partial charge in [-0.2, -0.15) is 0 Å². The van der Waals surface area contributed by atoms with E-state index in [-0.39, 0.29) is 12.0 Å². The zero-order chi connectivity index (χ0) is 14.5. The van der Waals surface area contributed by atoms with Gasteiger partial charge in [-0.05, 0) is 31.4 Å². The topological polar surface area (TPSA) is 54.5 Å². The highest BCUT2D eigenvalue weighted by molar-refractivity contribution is 5.98. The second-order valence-corrected chi connectivity index (χ2v) is 5.22. The minimum Gasteiger partial charge on any atom is -0.379 e. The monoisotopic (exact) mass is 277 g/mol. The molecule has 0 saturated carbocycles. The highest BCUT2D eigenvalue weighted by atomic mass is 16.5. The van der Waals surface area contributed by atoms with Crippen LogP contribution in [-0.2, 0) is 4.74 Å². The molecule has 1 aromatic heterocycles. The summed E-state index contributed by atoms with van der Waals surface area (Å²) in [6, 6.07) is 3.63. The fourth-order valence-electron chi connectivity index (χ4n) is 2.58. The van der Waals surface area contributed by atoms with E-state index < -0.39 is 0 Å². The molecule has 1 aliphatic rings. The molecule has 1 saturated heterocycles. The van der Waals surface area contributed by atoms with Gasteiger partial charge in [0.2, 0.25) is 0 Å². The van der Waals surface area contributed by atoms with Crippen LogP contribution in [-0.4, -0.2) is 48.6 Å². The highest BCUT2D eigenvalue weighted by Gasteiger charge is 2.30. The molecule has 1 N–H and O–H groups in total. The Bertz CT molecular complexity index is 464. The molecule has 1 fully saturated rings. The molecule has 20 heavy (non-hydrogen) atoms. The maximum atomic E-state index is 12.7. The third-order valence-electron chi connectivity index (χ3n) is 3.86. The van der Waals surface area contributed by atoms with Gasteiger partial charge in [-0.25, -0.2) is 4.98 Å². The first-order valence-electron chi connectivity index (χ1n) is 7.18. The number of anilines is 1. The summed E-state index contributed by atoms with van der Waals surface area (Å²) in [6.07, 6.45) is 2.79. The fraction of sp³-hybridized carbons (Fsp3) is 0.600. The van der Waals surface area contributed by atoms with Crippen molar-refractivity contribution in [3.05, 3.63) is 23.9 Å². The summed E-state index contributed by atoms with van der Waals surface area (Å²) < 4.78 is 5.47. The van der Waals surface area contributed by atoms with Gasteiger partial charge in [0.15, 0.2) is 0 Å². The molecule has 1 aliphatic heterocycles. The third kappa shape index (κ3) is 3.10. The average Bonchev–Trinajstić information content (AvgIpc) is 2.48. The zero-order valence-electron chi connectivity index (χ0n) is 12.4. The predicted octanol–water partition coefficient (Wildman–Crippen LogP) is 2.01. The molecule has 110 valence electrons. The Labute approximate surface area is 120 Å². The molecule has 1 aromatic rings. The van der Waals surface area contributed by atoms with Crippen molar-refractivity contribution < 1.29 is 9.53 Å². The molecule has 2 rings (SSSR count). The van der Waals surface area contributed by atoms with Gasteiger partial charge in [0, 0.05) is 32.9 Å². The van der Waals surface area contributed by atoms with Crippen LogP contribution in [0.5, 0.6) is 0 Å². The van der Waals surface area contributed by atoms with Crippen molar-refractivity contribution >= 4 is 11.7 Å². The lowest BCUT2D eigenvalue weighted by atomic mass is 9.95. The lowest BCUT2D eigenvalue weighted by molar-refractivity contribution is -0.00154. The summed E-state index contributed by atoms with van der Waals surface area (Å²) in [5, 5.41) is 3.14. The number of ether oxygens (including phenoxy) is 1. The zero-order valence-corrected chi connectivity index (χ0v) is 12.4. The Morgan fingerprint density at radius 2 is 2.40 bits per heavy atom. The number of aromatic nitrogens is 1. The first-order chi connectivity index (χ1) is 9.67. The summed E-state index contributed by atoms with van der Waals surface area (Å²) in [7, 11) is 1.71. The number of carbonyl (C=O) groups excluding carboxylic acids is 1. The quantitative estimate of drug-likeness (QED) is 0.914. The number of piperidine rings is 1. The first-order valence-corrected chi connectivity index (χ1v) is 7.18. The van der Waals surface area contributed by atoms with Gasteiger partial charge in [0.05, 0.1) is 11.7 Å². The number of methoxy groups -OCH3 is 1. The molecular formula is C15H23N3O2. The van der Waals surface area contributed by atoms with E-state index in [0.717, 1.165) is 19.5 Å². The van der Waals surface area contributed by atoms with E-state index in [9.17, 15) is 4.79 Å². The molecule has 2 atom stereocenters. The van der Waals surface area contributed by atoms with Crippen LogP contribution in [0.3, 0.4) is 0 Å². The van der Waals surface area contributed by atoms with Crippen LogP contribution in [0.25, 0.3) is 0 Å². The average molecular weight is 277 g/mol. The number of amides is 1. The standard InChI is InChI=1S/C15H23N3O2/c1-4-16-14-12(6-5-8-17-14)15(19)18-9-7-11(2)13(10-18)20-3/h5-6,8,11,13H,4,7,9-10H2,1-3H3,(H,16,17). The van der Waals surface area contributed by atoms with Gasteiger partial charge in [0.25, 0.3) is 5.91 Å². The van der Waals surface area contributed by atoms with Crippen molar-refractivity contribution in [3.8, 4) is 0 Å². The number of hydrogen-bond donors (Lipinski definition) is 1. The molecule has 0 radical (unpaired) electrons. The van der Waals surface area contributed by atoms with Crippen LogP contribution >= 0.6 is 0 Å². The van der Waals surface area contributed by atoms with Crippen molar-refractivity contribution in [2.24, 2.45) is 5.92 Å². The third-order valence-corrected chi connectivity index (χ3v) is 3.86. The maximum absolute atomic E-state index is 12.7. The predicted molar refractivity (Wildman–Crippen MR) is 78.9 cm³/mol. The number of nitrogens with zero attached hydrogens (tertiary/aromatic N) is 2. The van der Waals surface area contributed by atoms with E-state index in [2.05, 4.69) is 17.2 Å². The molecule has 5 nitrogen and oxygen atoms in total. The van der Waals surface area contributed by atoms with Crippen LogP contribution in [0, 0.1) is 5.92 Å². The smallest absolute Gasteiger partial charge is 0.257 e. The minimum atomic E-state index is 0.0306. The van der Waals surface area contributed by atoms with E-state index in [4.69, 9.17) is 4.74 Å². The highest BCUT2D eigenvalue weighted by Crippen LogP contribution is 2.22. The molecule has 0 bridgehead atoms. The molecule has 1 amide bonds. The van der Waals surface area contributed by atoms with Crippen molar-refractivity contribution in [1.29, 1.82) is 0 Å². The van der Waals surface area contributed by atoms with Crippen LogP contribution in [0.15, 0.2) is 18.3 Å². The van der Waals surface area contributed by atoms with Crippen LogP contribution in [0.4, 0.5) is 5.82 Å². The lowest BCUT2D eigenvalue weighted by Crippen LogP contribution is -2.46. The molecule has 2 unspecified atom stereocenters. The number of carbonyl (C=O) groups is 1. The number of rotatable bonds is 4. The van der Waals surface area contributed by atoms with Gasteiger partial charge >= 0.3 is 0 Å². The Morgan fingerprint density at radius 1 is 1.60 bits per heavy atom. The van der Waals surface area contributed by atoms with Gasteiger partial charge in [-0.3, -0.25) is 4.79 Å². The maximum Gasteiger partial charge on any atom is 0.257 e. The van der Waals surface area contributed by atoms with Gasteiger partial charge in [-0.1, -0.05) is 6.92 Å². The Morgan fingerprint density at radius 3 is 3.10 bits per heavy atom.